The standard InChI is InChI=1S/C16H21N3O/c20-16-6-4-14-11-18(8-9-19(14)16)13-3-5-15-12(10-13)2-1-7-17-15/h3,5,10,14,17H,1-2,4,6-9,11H2. The molecule has 106 valence electrons. The van der Waals surface area contributed by atoms with E-state index >= 15 is 0 Å². The molecule has 1 N–H and O–H groups in total. The fourth-order valence-corrected chi connectivity index (χ4v) is 3.76. The predicted octanol–water partition coefficient (Wildman–Crippen LogP) is 1.86. The van der Waals surface area contributed by atoms with Gasteiger partial charge >= 0.3 is 0 Å². The Hall–Kier alpha value is -1.71. The monoisotopic (exact) mass is 271 g/mol. The Morgan fingerprint density at radius 3 is 3.10 bits per heavy atom. The Kier molecular flexibility index (Phi) is 2.83. The number of carbonyl (C=O) groups excluding carboxylic acids is 1. The highest BCUT2D eigenvalue weighted by atomic mass is 16.2. The van der Waals surface area contributed by atoms with Gasteiger partial charge in [-0.15, -0.1) is 0 Å². The van der Waals surface area contributed by atoms with Crippen molar-refractivity contribution < 1.29 is 4.79 Å². The molecule has 4 heteroatoms. The molecule has 4 nitrogen and oxygen atoms in total. The molecular weight excluding hydrogens is 250 g/mol. The molecular formula is C16H21N3O. The van der Waals surface area contributed by atoms with Gasteiger partial charge in [0, 0.05) is 50.0 Å². The number of rotatable bonds is 1. The van der Waals surface area contributed by atoms with Crippen molar-refractivity contribution in [2.45, 2.75) is 31.7 Å². The first-order chi connectivity index (χ1) is 9.81. The van der Waals surface area contributed by atoms with Gasteiger partial charge in [0.25, 0.3) is 0 Å². The van der Waals surface area contributed by atoms with Gasteiger partial charge in [0.15, 0.2) is 0 Å². The second-order valence-electron chi connectivity index (χ2n) is 6.10. The van der Waals surface area contributed by atoms with Crippen molar-refractivity contribution in [1.82, 2.24) is 4.90 Å². The Balaban J connectivity index is 1.55. The number of nitrogens with zero attached hydrogens (tertiary/aromatic N) is 2. The molecule has 0 saturated carbocycles. The molecule has 2 fully saturated rings. The van der Waals surface area contributed by atoms with Gasteiger partial charge in [0.05, 0.1) is 0 Å². The van der Waals surface area contributed by atoms with Crippen molar-refractivity contribution in [3.8, 4) is 0 Å². The Bertz CT molecular complexity index is 543. The summed E-state index contributed by atoms with van der Waals surface area (Å²) in [6.45, 7) is 3.94. The summed E-state index contributed by atoms with van der Waals surface area (Å²) in [4.78, 5) is 16.3. The van der Waals surface area contributed by atoms with Gasteiger partial charge in [-0.05, 0) is 43.0 Å². The highest BCUT2D eigenvalue weighted by Gasteiger charge is 2.35. The third kappa shape index (κ3) is 1.94. The fraction of sp³-hybridized carbons (Fsp3) is 0.562. The van der Waals surface area contributed by atoms with Crippen molar-refractivity contribution in [3.05, 3.63) is 23.8 Å². The predicted molar refractivity (Wildman–Crippen MR) is 80.2 cm³/mol. The first-order valence-electron chi connectivity index (χ1n) is 7.72. The van der Waals surface area contributed by atoms with E-state index in [9.17, 15) is 4.79 Å². The topological polar surface area (TPSA) is 35.6 Å². The highest BCUT2D eigenvalue weighted by Crippen LogP contribution is 2.30. The number of anilines is 2. The number of carbonyl (C=O) groups is 1. The number of hydrogen-bond donors (Lipinski definition) is 1. The number of aryl methyl sites for hydroxylation is 1. The summed E-state index contributed by atoms with van der Waals surface area (Å²) >= 11 is 0. The number of fused-ring (bicyclic) bond motifs is 2. The third-order valence-corrected chi connectivity index (χ3v) is 4.89. The first kappa shape index (κ1) is 12.1. The molecule has 1 atom stereocenters. The third-order valence-electron chi connectivity index (χ3n) is 4.89. The lowest BCUT2D eigenvalue weighted by Gasteiger charge is -2.39. The van der Waals surface area contributed by atoms with Crippen LogP contribution in [0.25, 0.3) is 0 Å². The summed E-state index contributed by atoms with van der Waals surface area (Å²) in [6.07, 6.45) is 4.17. The molecule has 0 radical (unpaired) electrons. The Morgan fingerprint density at radius 1 is 1.20 bits per heavy atom. The average molecular weight is 271 g/mol. The van der Waals surface area contributed by atoms with Crippen LogP contribution in [0.3, 0.4) is 0 Å². The van der Waals surface area contributed by atoms with Crippen LogP contribution in [0.4, 0.5) is 11.4 Å². The minimum absolute atomic E-state index is 0.351. The maximum absolute atomic E-state index is 11.7. The van der Waals surface area contributed by atoms with Gasteiger partial charge in [0.1, 0.15) is 0 Å². The van der Waals surface area contributed by atoms with Gasteiger partial charge in [-0.3, -0.25) is 4.79 Å². The molecule has 3 aliphatic rings. The molecule has 1 unspecified atom stereocenters. The van der Waals surface area contributed by atoms with Crippen molar-refractivity contribution in [3.63, 3.8) is 0 Å². The number of amides is 1. The zero-order valence-electron chi connectivity index (χ0n) is 11.8. The van der Waals surface area contributed by atoms with E-state index in [1.54, 1.807) is 0 Å². The molecule has 2 saturated heterocycles. The van der Waals surface area contributed by atoms with Gasteiger partial charge < -0.3 is 15.1 Å². The number of piperazine rings is 1. The Morgan fingerprint density at radius 2 is 2.15 bits per heavy atom. The molecule has 1 aromatic carbocycles. The van der Waals surface area contributed by atoms with Gasteiger partial charge in [-0.1, -0.05) is 0 Å². The van der Waals surface area contributed by atoms with Gasteiger partial charge in [-0.2, -0.15) is 0 Å². The summed E-state index contributed by atoms with van der Waals surface area (Å²) < 4.78 is 0. The van der Waals surface area contributed by atoms with Crippen molar-refractivity contribution in [2.24, 2.45) is 0 Å². The normalized spacial score (nSPS) is 25.2. The van der Waals surface area contributed by atoms with Crippen molar-refractivity contribution in [1.29, 1.82) is 0 Å². The van der Waals surface area contributed by atoms with Crippen LogP contribution < -0.4 is 10.2 Å². The molecule has 20 heavy (non-hydrogen) atoms. The van der Waals surface area contributed by atoms with Crippen LogP contribution in [0.2, 0.25) is 0 Å². The zero-order valence-corrected chi connectivity index (χ0v) is 11.8. The smallest absolute Gasteiger partial charge is 0.223 e. The molecule has 4 rings (SSSR count). The molecule has 3 heterocycles. The van der Waals surface area contributed by atoms with E-state index in [0.29, 0.717) is 11.9 Å². The maximum atomic E-state index is 11.7. The molecule has 0 bridgehead atoms. The van der Waals surface area contributed by atoms with Crippen LogP contribution in [-0.2, 0) is 11.2 Å². The SMILES string of the molecule is O=C1CCC2CN(c3ccc4c(c3)CCCN4)CCN12. The summed E-state index contributed by atoms with van der Waals surface area (Å²) in [5.74, 6) is 0.351. The second kappa shape index (κ2) is 4.69. The van der Waals surface area contributed by atoms with E-state index in [1.165, 1.54) is 29.8 Å². The van der Waals surface area contributed by atoms with Gasteiger partial charge in [-0.25, -0.2) is 0 Å². The number of nitrogens with one attached hydrogen (secondary N) is 1. The van der Waals surface area contributed by atoms with E-state index in [1.807, 2.05) is 0 Å². The van der Waals surface area contributed by atoms with Crippen molar-refractivity contribution in [2.75, 3.05) is 36.4 Å². The van der Waals surface area contributed by atoms with E-state index in [0.717, 1.165) is 39.0 Å². The van der Waals surface area contributed by atoms with Crippen LogP contribution in [0.15, 0.2) is 18.2 Å². The van der Waals surface area contributed by atoms with Crippen molar-refractivity contribution >= 4 is 17.3 Å². The average Bonchev–Trinajstić information content (AvgIpc) is 2.88. The van der Waals surface area contributed by atoms with Crippen LogP contribution >= 0.6 is 0 Å². The number of hydrogen-bond acceptors (Lipinski definition) is 3. The lowest BCUT2D eigenvalue weighted by molar-refractivity contribution is -0.129. The minimum atomic E-state index is 0.351. The minimum Gasteiger partial charge on any atom is -0.385 e. The van der Waals surface area contributed by atoms with Crippen LogP contribution in [-0.4, -0.2) is 43.0 Å². The molecule has 0 aromatic heterocycles. The zero-order chi connectivity index (χ0) is 13.5. The number of benzene rings is 1. The lowest BCUT2D eigenvalue weighted by Crippen LogP contribution is -2.51. The molecule has 3 aliphatic heterocycles. The highest BCUT2D eigenvalue weighted by molar-refractivity contribution is 5.79. The van der Waals surface area contributed by atoms with E-state index < -0.39 is 0 Å². The van der Waals surface area contributed by atoms with Crippen LogP contribution in [0.5, 0.6) is 0 Å². The second-order valence-corrected chi connectivity index (χ2v) is 6.10. The lowest BCUT2D eigenvalue weighted by atomic mass is 10.0. The summed E-state index contributed by atoms with van der Waals surface area (Å²) in [5, 5.41) is 3.46. The quantitative estimate of drug-likeness (QED) is 0.847. The molecule has 0 aliphatic carbocycles. The van der Waals surface area contributed by atoms with Gasteiger partial charge in [0.2, 0.25) is 5.91 Å². The van der Waals surface area contributed by atoms with E-state index in [-0.39, 0.29) is 0 Å². The fourth-order valence-electron chi connectivity index (χ4n) is 3.76. The largest absolute Gasteiger partial charge is 0.385 e. The van der Waals surface area contributed by atoms with Crippen LogP contribution in [0.1, 0.15) is 24.8 Å². The summed E-state index contributed by atoms with van der Waals surface area (Å²) in [6, 6.07) is 7.22. The first-order valence-corrected chi connectivity index (χ1v) is 7.72. The van der Waals surface area contributed by atoms with E-state index in [4.69, 9.17) is 0 Å². The maximum Gasteiger partial charge on any atom is 0.223 e. The van der Waals surface area contributed by atoms with Crippen LogP contribution in [0, 0.1) is 0 Å². The summed E-state index contributed by atoms with van der Waals surface area (Å²) in [5.41, 5.74) is 4.07. The molecule has 1 aromatic rings. The molecule has 1 amide bonds. The Labute approximate surface area is 119 Å². The summed E-state index contributed by atoms with van der Waals surface area (Å²) in [7, 11) is 0. The molecule has 0 spiro atoms. The van der Waals surface area contributed by atoms with E-state index in [2.05, 4.69) is 33.3 Å².